The Morgan fingerprint density at radius 1 is 1.50 bits per heavy atom. The van der Waals surface area contributed by atoms with Gasteiger partial charge in [0.25, 0.3) is 5.91 Å². The predicted octanol–water partition coefficient (Wildman–Crippen LogP) is 1.09. The monoisotopic (exact) mass is 216 g/mol. The fraction of sp³-hybridized carbons (Fsp3) is 0.308. The molecule has 1 rings (SSSR count). The van der Waals surface area contributed by atoms with Gasteiger partial charge in [0.05, 0.1) is 6.54 Å². The number of nitrogens with two attached hydrogens (primary N) is 1. The third kappa shape index (κ3) is 3.11. The summed E-state index contributed by atoms with van der Waals surface area (Å²) in [6.45, 7) is 2.96. The number of carbonyl (C=O) groups excluding carboxylic acids is 1. The second-order valence-corrected chi connectivity index (χ2v) is 3.41. The molecule has 0 aromatic heterocycles. The molecule has 0 saturated carbocycles. The molecule has 16 heavy (non-hydrogen) atoms. The van der Waals surface area contributed by atoms with E-state index in [1.807, 2.05) is 19.1 Å². The van der Waals surface area contributed by atoms with E-state index in [0.29, 0.717) is 18.7 Å². The Labute approximate surface area is 96.2 Å². The molecule has 0 spiro atoms. The van der Waals surface area contributed by atoms with Crippen molar-refractivity contribution in [3.05, 3.63) is 35.4 Å². The summed E-state index contributed by atoms with van der Waals surface area (Å²) in [6, 6.07) is 7.28. The lowest BCUT2D eigenvalue weighted by Gasteiger charge is -2.14. The Morgan fingerprint density at radius 3 is 2.88 bits per heavy atom. The second-order valence-electron chi connectivity index (χ2n) is 3.41. The van der Waals surface area contributed by atoms with Crippen LogP contribution in [0.2, 0.25) is 0 Å². The highest BCUT2D eigenvalue weighted by atomic mass is 16.2. The van der Waals surface area contributed by atoms with Crippen LogP contribution in [0.3, 0.4) is 0 Å². The first-order valence-electron chi connectivity index (χ1n) is 5.23. The van der Waals surface area contributed by atoms with Gasteiger partial charge in [0.1, 0.15) is 0 Å². The number of nitrogens with zero attached hydrogens (tertiary/aromatic N) is 1. The minimum atomic E-state index is 0.0129. The molecule has 0 atom stereocenters. The van der Waals surface area contributed by atoms with Gasteiger partial charge in [-0.15, -0.1) is 0 Å². The summed E-state index contributed by atoms with van der Waals surface area (Å²) < 4.78 is 0. The summed E-state index contributed by atoms with van der Waals surface area (Å²) in [5, 5.41) is 0. The molecule has 1 aromatic carbocycles. The molecular weight excluding hydrogens is 200 g/mol. The van der Waals surface area contributed by atoms with Crippen LogP contribution in [0.15, 0.2) is 24.3 Å². The average molecular weight is 216 g/mol. The van der Waals surface area contributed by atoms with Gasteiger partial charge in [0, 0.05) is 24.7 Å². The second kappa shape index (κ2) is 5.94. The highest BCUT2D eigenvalue weighted by Crippen LogP contribution is 2.06. The van der Waals surface area contributed by atoms with Gasteiger partial charge < -0.3 is 10.6 Å². The number of benzene rings is 1. The van der Waals surface area contributed by atoms with Crippen molar-refractivity contribution in [3.63, 3.8) is 0 Å². The summed E-state index contributed by atoms with van der Waals surface area (Å²) in [7, 11) is 1.78. The number of amides is 1. The van der Waals surface area contributed by atoms with Crippen molar-refractivity contribution in [2.75, 3.05) is 20.1 Å². The van der Waals surface area contributed by atoms with Gasteiger partial charge >= 0.3 is 0 Å². The molecule has 0 unspecified atom stereocenters. The summed E-state index contributed by atoms with van der Waals surface area (Å²) in [6.07, 6.45) is 0. The lowest BCUT2D eigenvalue weighted by atomic mass is 10.1. The molecule has 3 nitrogen and oxygen atoms in total. The highest BCUT2D eigenvalue weighted by Gasteiger charge is 2.09. The number of rotatable bonds is 2. The molecule has 0 radical (unpaired) electrons. The van der Waals surface area contributed by atoms with Crippen LogP contribution in [-0.2, 0) is 0 Å². The Morgan fingerprint density at radius 2 is 2.25 bits per heavy atom. The largest absolute Gasteiger partial charge is 0.342 e. The van der Waals surface area contributed by atoms with E-state index in [9.17, 15) is 4.79 Å². The van der Waals surface area contributed by atoms with Crippen LogP contribution in [0.1, 0.15) is 22.8 Å². The molecular formula is C13H16N2O. The standard InChI is InChI=1S/C13H16N2O/c1-3-15(2)13(16)12-8-4-6-11(10-12)7-5-9-14/h4,6,8,10H,3,9,14H2,1-2H3. The zero-order chi connectivity index (χ0) is 12.0. The van der Waals surface area contributed by atoms with Crippen LogP contribution in [0.25, 0.3) is 0 Å². The zero-order valence-corrected chi connectivity index (χ0v) is 9.66. The van der Waals surface area contributed by atoms with Crippen molar-refractivity contribution in [2.24, 2.45) is 5.73 Å². The number of hydrogen-bond acceptors (Lipinski definition) is 2. The maximum absolute atomic E-state index is 11.9. The first kappa shape index (κ1) is 12.3. The van der Waals surface area contributed by atoms with Crippen LogP contribution in [0, 0.1) is 11.8 Å². The molecule has 0 heterocycles. The molecule has 0 aliphatic heterocycles. The van der Waals surface area contributed by atoms with E-state index < -0.39 is 0 Å². The Balaban J connectivity index is 2.94. The molecule has 0 fully saturated rings. The summed E-state index contributed by atoms with van der Waals surface area (Å²) in [5.41, 5.74) is 6.78. The smallest absolute Gasteiger partial charge is 0.253 e. The van der Waals surface area contributed by atoms with E-state index in [0.717, 1.165) is 5.56 Å². The van der Waals surface area contributed by atoms with E-state index in [1.165, 1.54) is 0 Å². The van der Waals surface area contributed by atoms with Crippen LogP contribution in [0.5, 0.6) is 0 Å². The Kier molecular flexibility index (Phi) is 4.56. The van der Waals surface area contributed by atoms with Gasteiger partial charge in [-0.1, -0.05) is 17.9 Å². The van der Waals surface area contributed by atoms with Crippen molar-refractivity contribution in [2.45, 2.75) is 6.92 Å². The van der Waals surface area contributed by atoms with E-state index in [-0.39, 0.29) is 5.91 Å². The molecule has 2 N–H and O–H groups in total. The SMILES string of the molecule is CCN(C)C(=O)c1cccc(C#CCN)c1. The van der Waals surface area contributed by atoms with E-state index in [2.05, 4.69) is 11.8 Å². The number of carbonyl (C=O) groups is 1. The van der Waals surface area contributed by atoms with Gasteiger partial charge in [-0.3, -0.25) is 4.79 Å². The highest BCUT2D eigenvalue weighted by molar-refractivity contribution is 5.94. The third-order valence-corrected chi connectivity index (χ3v) is 2.27. The summed E-state index contributed by atoms with van der Waals surface area (Å²) in [5.74, 6) is 5.69. The molecule has 0 aliphatic rings. The van der Waals surface area contributed by atoms with Crippen molar-refractivity contribution >= 4 is 5.91 Å². The van der Waals surface area contributed by atoms with E-state index in [1.54, 1.807) is 24.1 Å². The maximum Gasteiger partial charge on any atom is 0.253 e. The minimum absolute atomic E-state index is 0.0129. The van der Waals surface area contributed by atoms with Crippen molar-refractivity contribution in [3.8, 4) is 11.8 Å². The topological polar surface area (TPSA) is 46.3 Å². The van der Waals surface area contributed by atoms with Crippen LogP contribution in [-0.4, -0.2) is 30.9 Å². The Bertz CT molecular complexity index is 429. The lowest BCUT2D eigenvalue weighted by Crippen LogP contribution is -2.26. The van der Waals surface area contributed by atoms with Crippen molar-refractivity contribution in [1.29, 1.82) is 0 Å². The average Bonchev–Trinajstić information content (AvgIpc) is 2.34. The van der Waals surface area contributed by atoms with Crippen LogP contribution in [0.4, 0.5) is 0 Å². The van der Waals surface area contributed by atoms with Gasteiger partial charge in [-0.05, 0) is 25.1 Å². The minimum Gasteiger partial charge on any atom is -0.342 e. The Hall–Kier alpha value is -1.79. The molecule has 1 amide bonds. The molecule has 84 valence electrons. The molecule has 0 saturated heterocycles. The molecule has 3 heteroatoms. The molecule has 0 aliphatic carbocycles. The van der Waals surface area contributed by atoms with E-state index in [4.69, 9.17) is 5.73 Å². The number of hydrogen-bond donors (Lipinski definition) is 1. The maximum atomic E-state index is 11.9. The first-order chi connectivity index (χ1) is 7.69. The normalized spacial score (nSPS) is 9.19. The zero-order valence-electron chi connectivity index (χ0n) is 9.66. The van der Waals surface area contributed by atoms with E-state index >= 15 is 0 Å². The van der Waals surface area contributed by atoms with Crippen LogP contribution < -0.4 is 5.73 Å². The third-order valence-electron chi connectivity index (χ3n) is 2.27. The summed E-state index contributed by atoms with van der Waals surface area (Å²) >= 11 is 0. The molecule has 1 aromatic rings. The van der Waals surface area contributed by atoms with Crippen molar-refractivity contribution in [1.82, 2.24) is 4.90 Å². The quantitative estimate of drug-likeness (QED) is 0.752. The predicted molar refractivity (Wildman–Crippen MR) is 65.0 cm³/mol. The fourth-order valence-corrected chi connectivity index (χ4v) is 1.25. The van der Waals surface area contributed by atoms with Gasteiger partial charge in [0.2, 0.25) is 0 Å². The summed E-state index contributed by atoms with van der Waals surface area (Å²) in [4.78, 5) is 13.5. The first-order valence-corrected chi connectivity index (χ1v) is 5.23. The van der Waals surface area contributed by atoms with Gasteiger partial charge in [-0.2, -0.15) is 0 Å². The van der Waals surface area contributed by atoms with Gasteiger partial charge in [-0.25, -0.2) is 0 Å². The van der Waals surface area contributed by atoms with Crippen molar-refractivity contribution < 1.29 is 4.79 Å². The molecule has 0 bridgehead atoms. The lowest BCUT2D eigenvalue weighted by molar-refractivity contribution is 0.0802. The fourth-order valence-electron chi connectivity index (χ4n) is 1.25. The van der Waals surface area contributed by atoms with Crippen LogP contribution >= 0.6 is 0 Å². The van der Waals surface area contributed by atoms with Gasteiger partial charge in [0.15, 0.2) is 0 Å².